The first kappa shape index (κ1) is 11.9. The fourth-order valence-corrected chi connectivity index (χ4v) is 1.76. The summed E-state index contributed by atoms with van der Waals surface area (Å²) >= 11 is 0. The lowest BCUT2D eigenvalue weighted by Gasteiger charge is -2.17. The first-order valence-electron chi connectivity index (χ1n) is 5.67. The van der Waals surface area contributed by atoms with E-state index < -0.39 is 0 Å². The van der Waals surface area contributed by atoms with Crippen molar-refractivity contribution in [2.45, 2.75) is 13.0 Å². The SMILES string of the molecule is CC(Nc1cccc(C#N)c1N)c1ccncc1. The number of hydrogen-bond donors (Lipinski definition) is 2. The van der Waals surface area contributed by atoms with Crippen molar-refractivity contribution in [3.8, 4) is 6.07 Å². The Bertz CT molecular complexity index is 572. The molecule has 0 radical (unpaired) electrons. The third-order valence-corrected chi connectivity index (χ3v) is 2.80. The van der Waals surface area contributed by atoms with Crippen LogP contribution in [-0.4, -0.2) is 4.98 Å². The largest absolute Gasteiger partial charge is 0.396 e. The lowest BCUT2D eigenvalue weighted by atomic mass is 10.1. The number of nitrogens with one attached hydrogen (secondary N) is 1. The summed E-state index contributed by atoms with van der Waals surface area (Å²) in [6.45, 7) is 2.04. The molecule has 4 nitrogen and oxygen atoms in total. The molecule has 0 spiro atoms. The van der Waals surface area contributed by atoms with Gasteiger partial charge in [-0.1, -0.05) is 6.07 Å². The number of pyridine rings is 1. The summed E-state index contributed by atoms with van der Waals surface area (Å²) in [7, 11) is 0. The standard InChI is InChI=1S/C14H14N4/c1-10(11-5-7-17-8-6-11)18-13-4-2-3-12(9-15)14(13)16/h2-8,10,18H,16H2,1H3. The van der Waals surface area contributed by atoms with Gasteiger partial charge in [-0.15, -0.1) is 0 Å². The average molecular weight is 238 g/mol. The molecule has 18 heavy (non-hydrogen) atoms. The highest BCUT2D eigenvalue weighted by atomic mass is 14.9. The average Bonchev–Trinajstić information content (AvgIpc) is 2.42. The number of nitrogen functional groups attached to an aromatic ring is 1. The van der Waals surface area contributed by atoms with E-state index in [9.17, 15) is 0 Å². The second-order valence-electron chi connectivity index (χ2n) is 4.03. The van der Waals surface area contributed by atoms with E-state index in [1.807, 2.05) is 31.2 Å². The van der Waals surface area contributed by atoms with Crippen molar-refractivity contribution < 1.29 is 0 Å². The molecule has 4 heteroatoms. The third-order valence-electron chi connectivity index (χ3n) is 2.80. The Morgan fingerprint density at radius 2 is 2.00 bits per heavy atom. The number of anilines is 2. The van der Waals surface area contributed by atoms with Gasteiger partial charge in [-0.25, -0.2) is 0 Å². The van der Waals surface area contributed by atoms with Crippen LogP contribution in [0, 0.1) is 11.3 Å². The maximum atomic E-state index is 8.93. The predicted molar refractivity (Wildman–Crippen MR) is 71.8 cm³/mol. The van der Waals surface area contributed by atoms with Gasteiger partial charge in [0.1, 0.15) is 6.07 Å². The fraction of sp³-hybridized carbons (Fsp3) is 0.143. The normalized spacial score (nSPS) is 11.6. The molecule has 1 aromatic heterocycles. The van der Waals surface area contributed by atoms with Crippen molar-refractivity contribution in [3.05, 3.63) is 53.9 Å². The molecule has 90 valence electrons. The van der Waals surface area contributed by atoms with E-state index in [-0.39, 0.29) is 6.04 Å². The number of nitriles is 1. The highest BCUT2D eigenvalue weighted by molar-refractivity contribution is 5.73. The van der Waals surface area contributed by atoms with Crippen LogP contribution >= 0.6 is 0 Å². The number of nitrogens with zero attached hydrogens (tertiary/aromatic N) is 2. The molecule has 1 unspecified atom stereocenters. The molecule has 1 aromatic carbocycles. The van der Waals surface area contributed by atoms with Gasteiger partial charge < -0.3 is 11.1 Å². The van der Waals surface area contributed by atoms with Gasteiger partial charge in [-0.2, -0.15) is 5.26 Å². The van der Waals surface area contributed by atoms with Crippen LogP contribution in [0.25, 0.3) is 0 Å². The third kappa shape index (κ3) is 2.41. The lowest BCUT2D eigenvalue weighted by Crippen LogP contribution is -2.09. The van der Waals surface area contributed by atoms with E-state index in [1.165, 1.54) is 0 Å². The van der Waals surface area contributed by atoms with Gasteiger partial charge >= 0.3 is 0 Å². The number of nitrogens with two attached hydrogens (primary N) is 1. The number of hydrogen-bond acceptors (Lipinski definition) is 4. The van der Waals surface area contributed by atoms with E-state index in [4.69, 9.17) is 11.0 Å². The molecule has 0 amide bonds. The Labute approximate surface area is 106 Å². The zero-order valence-electron chi connectivity index (χ0n) is 10.1. The second-order valence-corrected chi connectivity index (χ2v) is 4.03. The second kappa shape index (κ2) is 5.19. The lowest BCUT2D eigenvalue weighted by molar-refractivity contribution is 0.881. The Hall–Kier alpha value is -2.54. The van der Waals surface area contributed by atoms with Crippen LogP contribution < -0.4 is 11.1 Å². The van der Waals surface area contributed by atoms with Gasteiger partial charge in [-0.3, -0.25) is 4.98 Å². The van der Waals surface area contributed by atoms with Crippen LogP contribution in [0.4, 0.5) is 11.4 Å². The Kier molecular flexibility index (Phi) is 3.44. The van der Waals surface area contributed by atoms with Crippen LogP contribution in [0.5, 0.6) is 0 Å². The van der Waals surface area contributed by atoms with Gasteiger partial charge in [0.25, 0.3) is 0 Å². The van der Waals surface area contributed by atoms with Crippen LogP contribution in [0.15, 0.2) is 42.7 Å². The van der Waals surface area contributed by atoms with Crippen molar-refractivity contribution >= 4 is 11.4 Å². The summed E-state index contributed by atoms with van der Waals surface area (Å²) in [6, 6.07) is 11.5. The maximum absolute atomic E-state index is 8.93. The first-order chi connectivity index (χ1) is 8.72. The molecule has 0 aliphatic rings. The summed E-state index contributed by atoms with van der Waals surface area (Å²) in [5, 5.41) is 12.2. The molecule has 0 bridgehead atoms. The van der Waals surface area contributed by atoms with Crippen molar-refractivity contribution in [1.82, 2.24) is 4.98 Å². The van der Waals surface area contributed by atoms with Gasteiger partial charge in [-0.05, 0) is 36.8 Å². The first-order valence-corrected chi connectivity index (χ1v) is 5.67. The Morgan fingerprint density at radius 1 is 1.28 bits per heavy atom. The molecule has 2 rings (SSSR count). The molecule has 0 saturated heterocycles. The molecule has 3 N–H and O–H groups in total. The molecular formula is C14H14N4. The van der Waals surface area contributed by atoms with E-state index in [2.05, 4.69) is 16.4 Å². The highest BCUT2D eigenvalue weighted by Crippen LogP contribution is 2.26. The van der Waals surface area contributed by atoms with Crippen molar-refractivity contribution in [2.24, 2.45) is 0 Å². The summed E-state index contributed by atoms with van der Waals surface area (Å²) in [6.07, 6.45) is 3.51. The number of rotatable bonds is 3. The topological polar surface area (TPSA) is 74.7 Å². The molecule has 0 fully saturated rings. The Morgan fingerprint density at radius 3 is 2.67 bits per heavy atom. The number of para-hydroxylation sites is 1. The minimum atomic E-state index is 0.101. The monoisotopic (exact) mass is 238 g/mol. The number of aromatic nitrogens is 1. The summed E-state index contributed by atoms with van der Waals surface area (Å²) < 4.78 is 0. The molecule has 1 atom stereocenters. The summed E-state index contributed by atoms with van der Waals surface area (Å²) in [4.78, 5) is 3.98. The van der Waals surface area contributed by atoms with Gasteiger partial charge in [0.05, 0.1) is 16.9 Å². The Balaban J connectivity index is 2.23. The van der Waals surface area contributed by atoms with Gasteiger partial charge in [0, 0.05) is 18.4 Å². The van der Waals surface area contributed by atoms with E-state index in [0.29, 0.717) is 11.3 Å². The molecule has 0 saturated carbocycles. The van der Waals surface area contributed by atoms with E-state index >= 15 is 0 Å². The minimum Gasteiger partial charge on any atom is -0.396 e. The van der Waals surface area contributed by atoms with Gasteiger partial charge in [0.2, 0.25) is 0 Å². The molecule has 0 aliphatic heterocycles. The molecular weight excluding hydrogens is 224 g/mol. The van der Waals surface area contributed by atoms with Gasteiger partial charge in [0.15, 0.2) is 0 Å². The minimum absolute atomic E-state index is 0.101. The van der Waals surface area contributed by atoms with Crippen molar-refractivity contribution in [3.63, 3.8) is 0 Å². The zero-order valence-corrected chi connectivity index (χ0v) is 10.1. The zero-order chi connectivity index (χ0) is 13.0. The summed E-state index contributed by atoms with van der Waals surface area (Å²) in [5.74, 6) is 0. The van der Waals surface area contributed by atoms with E-state index in [1.54, 1.807) is 18.5 Å². The molecule has 0 aliphatic carbocycles. The summed E-state index contributed by atoms with van der Waals surface area (Å²) in [5.41, 5.74) is 8.79. The van der Waals surface area contributed by atoms with Crippen LogP contribution in [-0.2, 0) is 0 Å². The quantitative estimate of drug-likeness (QED) is 0.806. The maximum Gasteiger partial charge on any atom is 0.101 e. The van der Waals surface area contributed by atoms with Crippen molar-refractivity contribution in [2.75, 3.05) is 11.1 Å². The van der Waals surface area contributed by atoms with E-state index in [0.717, 1.165) is 11.3 Å². The van der Waals surface area contributed by atoms with Crippen LogP contribution in [0.1, 0.15) is 24.1 Å². The molecule has 1 heterocycles. The predicted octanol–water partition coefficient (Wildman–Crippen LogP) is 2.71. The number of benzene rings is 1. The van der Waals surface area contributed by atoms with Crippen LogP contribution in [0.2, 0.25) is 0 Å². The molecule has 2 aromatic rings. The fourth-order valence-electron chi connectivity index (χ4n) is 1.76. The smallest absolute Gasteiger partial charge is 0.101 e. The van der Waals surface area contributed by atoms with Crippen LogP contribution in [0.3, 0.4) is 0 Å². The highest BCUT2D eigenvalue weighted by Gasteiger charge is 2.08. The van der Waals surface area contributed by atoms with Crippen molar-refractivity contribution in [1.29, 1.82) is 5.26 Å².